The van der Waals surface area contributed by atoms with E-state index in [4.69, 9.17) is 18.2 Å². The summed E-state index contributed by atoms with van der Waals surface area (Å²) in [5, 5.41) is 5.78. The topological polar surface area (TPSA) is 44.2 Å². The fourth-order valence-corrected chi connectivity index (χ4v) is 19.7. The fourth-order valence-electron chi connectivity index (χ4n) is 14.6. The van der Waals surface area contributed by atoms with E-state index in [0.717, 1.165) is 147 Å². The van der Waals surface area contributed by atoms with Crippen LogP contribution >= 0.6 is 57.1 Å². The number of rotatable bonds is 47. The van der Waals surface area contributed by atoms with E-state index in [0.29, 0.717) is 80.3 Å². The van der Waals surface area contributed by atoms with Crippen molar-refractivity contribution >= 4 is 88.3 Å². The van der Waals surface area contributed by atoms with E-state index in [-0.39, 0.29) is 22.8 Å². The average Bonchev–Trinajstić information content (AvgIpc) is 1.61. The van der Waals surface area contributed by atoms with E-state index < -0.39 is 11.6 Å². The minimum absolute atomic E-state index is 0.124. The number of halogens is 4. The van der Waals surface area contributed by atoms with Crippen molar-refractivity contribution in [1.82, 2.24) is 8.75 Å². The largest absolute Gasteiger partial charge is 0.493 e. The Hall–Kier alpha value is -4.66. The number of aromatic nitrogens is 2. The summed E-state index contributed by atoms with van der Waals surface area (Å²) < 4.78 is 94.5. The molecule has 0 saturated carbocycles. The van der Waals surface area contributed by atoms with Crippen LogP contribution in [0.5, 0.6) is 11.5 Å². The van der Waals surface area contributed by atoms with E-state index in [1.54, 1.807) is 23.5 Å². The average molecular weight is 1420 g/mol. The highest BCUT2D eigenvalue weighted by Gasteiger charge is 2.31. The Labute approximate surface area is 600 Å². The van der Waals surface area contributed by atoms with Gasteiger partial charge in [-0.05, 0) is 133 Å². The Bertz CT molecular complexity index is 3680. The molecule has 0 spiro atoms. The van der Waals surface area contributed by atoms with E-state index >= 15 is 17.6 Å². The molecule has 0 bridgehead atoms. The van der Waals surface area contributed by atoms with Crippen LogP contribution in [0.25, 0.3) is 84.1 Å². The summed E-state index contributed by atoms with van der Waals surface area (Å²) in [6, 6.07) is 19.1. The van der Waals surface area contributed by atoms with E-state index in [9.17, 15) is 0 Å². The Morgan fingerprint density at radius 2 is 0.866 bits per heavy atom. The fraction of sp³-hybridized carbons (Fsp3) is 0.571. The summed E-state index contributed by atoms with van der Waals surface area (Å²) in [5.41, 5.74) is 5.59. The summed E-state index contributed by atoms with van der Waals surface area (Å²) in [7, 11) is 0. The van der Waals surface area contributed by atoms with Gasteiger partial charge in [0.2, 0.25) is 0 Å². The first-order valence-corrected chi connectivity index (χ1v) is 42.3. The molecule has 5 aromatic heterocycles. The van der Waals surface area contributed by atoms with Crippen LogP contribution < -0.4 is 9.47 Å². The van der Waals surface area contributed by atoms with Crippen molar-refractivity contribution in [2.45, 2.75) is 274 Å². The number of ether oxygens (including phenoxy) is 2. The lowest BCUT2D eigenvalue weighted by molar-refractivity contribution is 0.223. The first kappa shape index (κ1) is 76.5. The van der Waals surface area contributed by atoms with Crippen LogP contribution in [0.4, 0.5) is 17.6 Å². The molecule has 4 atom stereocenters. The molecule has 4 unspecified atom stereocenters. The molecule has 4 nitrogen and oxygen atoms in total. The lowest BCUT2D eigenvalue weighted by atomic mass is 9.91. The van der Waals surface area contributed by atoms with Crippen molar-refractivity contribution in [3.05, 3.63) is 106 Å². The molecule has 0 amide bonds. The number of hydrogen-bond acceptors (Lipinski definition) is 9. The molecular formula is C84H112F4N2O2S5. The molecule has 13 heteroatoms. The second-order valence-electron chi connectivity index (χ2n) is 28.1. The third kappa shape index (κ3) is 20.6. The molecule has 0 fully saturated rings. The van der Waals surface area contributed by atoms with Gasteiger partial charge in [-0.1, -0.05) is 235 Å². The summed E-state index contributed by atoms with van der Waals surface area (Å²) in [6.07, 6.45) is 39.4. The van der Waals surface area contributed by atoms with Gasteiger partial charge in [-0.2, -0.15) is 8.75 Å². The van der Waals surface area contributed by atoms with E-state index in [2.05, 4.69) is 79.0 Å². The van der Waals surface area contributed by atoms with Gasteiger partial charge >= 0.3 is 0 Å². The predicted octanol–water partition coefficient (Wildman–Crippen LogP) is 30.1. The Morgan fingerprint density at radius 3 is 1.37 bits per heavy atom. The molecule has 0 aliphatic heterocycles. The van der Waals surface area contributed by atoms with Gasteiger partial charge in [0.25, 0.3) is 0 Å². The first-order valence-electron chi connectivity index (χ1n) is 38.1. The van der Waals surface area contributed by atoms with Crippen LogP contribution in [0.1, 0.15) is 272 Å². The summed E-state index contributed by atoms with van der Waals surface area (Å²) >= 11 is 6.99. The third-order valence-corrected chi connectivity index (χ3v) is 25.5. The maximum absolute atomic E-state index is 17.6. The molecule has 9 aromatic rings. The zero-order valence-electron chi connectivity index (χ0n) is 60.0. The minimum Gasteiger partial charge on any atom is -0.493 e. The lowest BCUT2D eigenvalue weighted by Crippen LogP contribution is -2.13. The SMILES string of the molecule is CCCCCCCCC(CCCCCC)COc1ccc(-c2c3cc(-c4sc(-c5c(F)c(F)c(-c6cc(CC(CC)CCCC)cs6)c6nsnc56)cc4CC(CC)CCCC)sc3c(-c3ccc(OCC(CCCCCC)CCCCCCCC)cc3F)c3ccsc23)c(F)c1. The number of benzene rings is 4. The van der Waals surface area contributed by atoms with Gasteiger partial charge in [-0.25, -0.2) is 17.6 Å². The highest BCUT2D eigenvalue weighted by molar-refractivity contribution is 7.28. The molecule has 4 aromatic carbocycles. The maximum Gasteiger partial charge on any atom is 0.170 e. The van der Waals surface area contributed by atoms with Crippen molar-refractivity contribution in [2.75, 3.05) is 13.2 Å². The molecule has 0 saturated heterocycles. The number of unbranched alkanes of at least 4 members (excludes halogenated alkanes) is 18. The zero-order chi connectivity index (χ0) is 68.5. The van der Waals surface area contributed by atoms with Crippen molar-refractivity contribution in [3.8, 4) is 64.4 Å². The molecule has 0 aliphatic carbocycles. The van der Waals surface area contributed by atoms with Crippen molar-refractivity contribution in [2.24, 2.45) is 23.7 Å². The van der Waals surface area contributed by atoms with Gasteiger partial charge in [0.05, 0.1) is 36.1 Å². The molecule has 0 aliphatic rings. The Balaban J connectivity index is 1.14. The maximum atomic E-state index is 17.6. The number of fused-ring (bicyclic) bond motifs is 3. The predicted molar refractivity (Wildman–Crippen MR) is 416 cm³/mol. The molecule has 9 rings (SSSR count). The van der Waals surface area contributed by atoms with Crippen LogP contribution in [0.3, 0.4) is 0 Å². The van der Waals surface area contributed by atoms with Crippen molar-refractivity contribution < 1.29 is 27.0 Å². The van der Waals surface area contributed by atoms with Crippen LogP contribution in [-0.2, 0) is 12.8 Å². The van der Waals surface area contributed by atoms with Gasteiger partial charge < -0.3 is 9.47 Å². The quantitative estimate of drug-likeness (QED) is 0.0282. The number of thiophene rings is 4. The number of hydrogen-bond donors (Lipinski definition) is 0. The molecule has 5 heterocycles. The van der Waals surface area contributed by atoms with Crippen LogP contribution in [0.15, 0.2) is 71.4 Å². The molecule has 0 radical (unpaired) electrons. The smallest absolute Gasteiger partial charge is 0.170 e. The second kappa shape index (κ2) is 40.1. The van der Waals surface area contributed by atoms with Crippen LogP contribution in [0, 0.1) is 46.9 Å². The monoisotopic (exact) mass is 1420 g/mol. The molecule has 97 heavy (non-hydrogen) atoms. The highest BCUT2D eigenvalue weighted by atomic mass is 32.1. The van der Waals surface area contributed by atoms with Crippen LogP contribution in [0.2, 0.25) is 0 Å². The van der Waals surface area contributed by atoms with E-state index in [1.165, 1.54) is 169 Å². The second-order valence-corrected chi connectivity index (χ2v) is 32.5. The molecule has 528 valence electrons. The lowest BCUT2D eigenvalue weighted by Gasteiger charge is -2.19. The van der Waals surface area contributed by atoms with Gasteiger partial charge in [-0.3, -0.25) is 0 Å². The number of nitrogens with zero attached hydrogens (tertiary/aromatic N) is 2. The zero-order valence-corrected chi connectivity index (χ0v) is 64.0. The first-order chi connectivity index (χ1) is 47.5. The standard InChI is InChI=1S/C84H112F4N2O2S5/c1-9-17-23-27-29-33-39-59(37-31-25-19-11-3)54-91-63-41-43-65(69(85)51-63)74-67-45-46-93-83(67)75(66-44-42-64(52-70(66)86)92-55-60(38-32-26-20-12-4)40-34-30-28-24-18-10-2)68-53-73(96-84(68)74)82-62(48-58(16-8)36-22-14-6)50-72(95-82)77-79(88)78(87)76(80-81(77)90-97-89-80)71-49-61(56-94-71)47-57(15-7)35-21-13-5/h41-46,49-53,56-60H,9-40,47-48,54-55H2,1-8H3. The van der Waals surface area contributed by atoms with Gasteiger partial charge in [0.1, 0.15) is 34.2 Å². The molecule has 0 N–H and O–H groups in total. The normalized spacial score (nSPS) is 13.2. The van der Waals surface area contributed by atoms with Crippen LogP contribution in [-0.4, -0.2) is 22.0 Å². The van der Waals surface area contributed by atoms with Gasteiger partial charge in [0.15, 0.2) is 11.6 Å². The van der Waals surface area contributed by atoms with E-state index in [1.807, 2.05) is 35.7 Å². The van der Waals surface area contributed by atoms with Gasteiger partial charge in [0, 0.05) is 74.1 Å². The van der Waals surface area contributed by atoms with Crippen molar-refractivity contribution in [3.63, 3.8) is 0 Å². The van der Waals surface area contributed by atoms with Crippen molar-refractivity contribution in [1.29, 1.82) is 0 Å². The summed E-state index contributed by atoms with van der Waals surface area (Å²) in [4.78, 5) is 3.08. The van der Waals surface area contributed by atoms with Gasteiger partial charge in [-0.15, -0.1) is 45.3 Å². The summed E-state index contributed by atoms with van der Waals surface area (Å²) in [6.45, 7) is 19.0. The summed E-state index contributed by atoms with van der Waals surface area (Å²) in [5.74, 6) is 0.116. The Kier molecular flexibility index (Phi) is 31.6. The highest BCUT2D eigenvalue weighted by Crippen LogP contribution is 2.54. The minimum atomic E-state index is -0.926. The molecular weight excluding hydrogens is 1310 g/mol. The third-order valence-electron chi connectivity index (χ3n) is 20.5. The Morgan fingerprint density at radius 1 is 0.402 bits per heavy atom.